The van der Waals surface area contributed by atoms with Crippen LogP contribution < -0.4 is 0 Å². The fourth-order valence-electron chi connectivity index (χ4n) is 1.49. The van der Waals surface area contributed by atoms with Gasteiger partial charge in [0.05, 0.1) is 5.60 Å². The summed E-state index contributed by atoms with van der Waals surface area (Å²) in [5.41, 5.74) is 0.292. The summed E-state index contributed by atoms with van der Waals surface area (Å²) in [5.74, 6) is 0. The Labute approximate surface area is 94.3 Å². The molecule has 1 aromatic rings. The third-order valence-corrected chi connectivity index (χ3v) is 2.96. The van der Waals surface area contributed by atoms with Crippen LogP contribution in [0.25, 0.3) is 0 Å². The highest BCUT2D eigenvalue weighted by Gasteiger charge is 2.21. The average Bonchev–Trinajstić information content (AvgIpc) is 2.15. The fraction of sp³-hybridized carbons (Fsp3) is 0.500. The molecule has 0 aromatic heterocycles. The monoisotopic (exact) mass is 256 g/mol. The first-order chi connectivity index (χ1) is 6.56. The van der Waals surface area contributed by atoms with Crippen LogP contribution in [-0.4, -0.2) is 5.11 Å². The highest BCUT2D eigenvalue weighted by molar-refractivity contribution is 9.10. The summed E-state index contributed by atoms with van der Waals surface area (Å²) >= 11 is 3.41. The predicted octanol–water partition coefficient (Wildman–Crippen LogP) is 3.85. The molecule has 1 aromatic carbocycles. The molecule has 0 saturated carbocycles. The molecule has 14 heavy (non-hydrogen) atoms. The maximum absolute atomic E-state index is 10.2. The van der Waals surface area contributed by atoms with Crippen molar-refractivity contribution in [1.82, 2.24) is 0 Å². The van der Waals surface area contributed by atoms with Crippen LogP contribution in [-0.2, 0) is 5.60 Å². The number of unbranched alkanes of at least 4 members (excludes halogenated alkanes) is 1. The minimum atomic E-state index is -0.695. The van der Waals surface area contributed by atoms with Gasteiger partial charge in [0, 0.05) is 4.47 Å². The summed E-state index contributed by atoms with van der Waals surface area (Å²) in [7, 11) is 0. The summed E-state index contributed by atoms with van der Waals surface area (Å²) in [6.45, 7) is 4.02. The smallest absolute Gasteiger partial charge is 0.0868 e. The van der Waals surface area contributed by atoms with Crippen LogP contribution in [0, 0.1) is 0 Å². The first-order valence-electron chi connectivity index (χ1n) is 5.04. The van der Waals surface area contributed by atoms with Gasteiger partial charge in [-0.25, -0.2) is 0 Å². The Kier molecular flexibility index (Phi) is 4.14. The maximum Gasteiger partial charge on any atom is 0.0868 e. The SMILES string of the molecule is CCCCC(C)(O)c1cccc(Br)c1. The lowest BCUT2D eigenvalue weighted by molar-refractivity contribution is 0.0453. The largest absolute Gasteiger partial charge is 0.385 e. The van der Waals surface area contributed by atoms with E-state index in [2.05, 4.69) is 22.9 Å². The second-order valence-electron chi connectivity index (χ2n) is 3.89. The topological polar surface area (TPSA) is 20.2 Å². The van der Waals surface area contributed by atoms with Gasteiger partial charge in [-0.15, -0.1) is 0 Å². The second kappa shape index (κ2) is 4.94. The highest BCUT2D eigenvalue weighted by Crippen LogP contribution is 2.28. The summed E-state index contributed by atoms with van der Waals surface area (Å²) < 4.78 is 1.02. The van der Waals surface area contributed by atoms with Gasteiger partial charge in [0.1, 0.15) is 0 Å². The molecular weight excluding hydrogens is 240 g/mol. The molecule has 78 valence electrons. The highest BCUT2D eigenvalue weighted by atomic mass is 79.9. The van der Waals surface area contributed by atoms with E-state index < -0.39 is 5.60 Å². The van der Waals surface area contributed by atoms with Crippen LogP contribution in [0.5, 0.6) is 0 Å². The van der Waals surface area contributed by atoms with Gasteiger partial charge < -0.3 is 5.11 Å². The van der Waals surface area contributed by atoms with Gasteiger partial charge in [-0.3, -0.25) is 0 Å². The van der Waals surface area contributed by atoms with Crippen molar-refractivity contribution in [1.29, 1.82) is 0 Å². The number of hydrogen-bond donors (Lipinski definition) is 1. The molecule has 1 nitrogen and oxygen atoms in total. The quantitative estimate of drug-likeness (QED) is 0.868. The Bertz CT molecular complexity index is 294. The lowest BCUT2D eigenvalue weighted by atomic mass is 9.91. The predicted molar refractivity (Wildman–Crippen MR) is 63.2 cm³/mol. The first kappa shape index (κ1) is 11.7. The molecule has 0 amide bonds. The van der Waals surface area contributed by atoms with Crippen molar-refractivity contribution in [3.8, 4) is 0 Å². The minimum Gasteiger partial charge on any atom is -0.385 e. The van der Waals surface area contributed by atoms with E-state index >= 15 is 0 Å². The molecule has 0 bridgehead atoms. The molecule has 0 fully saturated rings. The molecule has 0 radical (unpaired) electrons. The van der Waals surface area contributed by atoms with E-state index in [1.54, 1.807) is 0 Å². The number of rotatable bonds is 4. The fourth-order valence-corrected chi connectivity index (χ4v) is 1.89. The third-order valence-electron chi connectivity index (χ3n) is 2.46. The molecule has 0 saturated heterocycles. The Morgan fingerprint density at radius 1 is 1.43 bits per heavy atom. The molecule has 0 aliphatic heterocycles. The summed E-state index contributed by atoms with van der Waals surface area (Å²) in [6.07, 6.45) is 2.99. The van der Waals surface area contributed by atoms with E-state index in [-0.39, 0.29) is 0 Å². The van der Waals surface area contributed by atoms with Crippen molar-refractivity contribution >= 4 is 15.9 Å². The van der Waals surface area contributed by atoms with Gasteiger partial charge >= 0.3 is 0 Å². The minimum absolute atomic E-state index is 0.695. The maximum atomic E-state index is 10.2. The number of halogens is 1. The van der Waals surface area contributed by atoms with E-state index in [1.807, 2.05) is 31.2 Å². The van der Waals surface area contributed by atoms with E-state index in [9.17, 15) is 5.11 Å². The molecule has 1 N–H and O–H groups in total. The first-order valence-corrected chi connectivity index (χ1v) is 5.84. The van der Waals surface area contributed by atoms with Gasteiger partial charge in [-0.1, -0.05) is 47.8 Å². The van der Waals surface area contributed by atoms with Gasteiger partial charge in [0.25, 0.3) is 0 Å². The molecular formula is C12H17BrO. The van der Waals surface area contributed by atoms with E-state index in [4.69, 9.17) is 0 Å². The van der Waals surface area contributed by atoms with Crippen molar-refractivity contribution in [2.45, 2.75) is 38.7 Å². The molecule has 1 rings (SSSR count). The Morgan fingerprint density at radius 3 is 2.71 bits per heavy atom. The molecule has 0 spiro atoms. The molecule has 0 aliphatic rings. The lowest BCUT2D eigenvalue weighted by Gasteiger charge is -2.23. The number of aliphatic hydroxyl groups is 1. The lowest BCUT2D eigenvalue weighted by Crippen LogP contribution is -2.20. The van der Waals surface area contributed by atoms with Gasteiger partial charge in [0.2, 0.25) is 0 Å². The van der Waals surface area contributed by atoms with Gasteiger partial charge in [0.15, 0.2) is 0 Å². The van der Waals surface area contributed by atoms with Crippen molar-refractivity contribution in [3.63, 3.8) is 0 Å². The average molecular weight is 257 g/mol. The molecule has 2 heteroatoms. The summed E-state index contributed by atoms with van der Waals surface area (Å²) in [4.78, 5) is 0. The summed E-state index contributed by atoms with van der Waals surface area (Å²) in [5, 5.41) is 10.2. The standard InChI is InChI=1S/C12H17BrO/c1-3-4-8-12(2,14)10-6-5-7-11(13)9-10/h5-7,9,14H,3-4,8H2,1-2H3. The molecule has 1 unspecified atom stereocenters. The zero-order valence-electron chi connectivity index (χ0n) is 8.76. The zero-order chi connectivity index (χ0) is 10.6. The Morgan fingerprint density at radius 2 is 2.14 bits per heavy atom. The summed E-state index contributed by atoms with van der Waals surface area (Å²) in [6, 6.07) is 7.88. The van der Waals surface area contributed by atoms with E-state index in [0.29, 0.717) is 0 Å². The number of benzene rings is 1. The Balaban J connectivity index is 2.80. The third kappa shape index (κ3) is 3.10. The van der Waals surface area contributed by atoms with Crippen LogP contribution in [0.4, 0.5) is 0 Å². The normalized spacial score (nSPS) is 15.1. The van der Waals surface area contributed by atoms with E-state index in [0.717, 1.165) is 29.3 Å². The van der Waals surface area contributed by atoms with Crippen LogP contribution in [0.15, 0.2) is 28.7 Å². The van der Waals surface area contributed by atoms with Crippen LogP contribution in [0.3, 0.4) is 0 Å². The molecule has 0 aliphatic carbocycles. The van der Waals surface area contributed by atoms with Crippen LogP contribution in [0.1, 0.15) is 38.7 Å². The Hall–Kier alpha value is -0.340. The van der Waals surface area contributed by atoms with Crippen molar-refractivity contribution in [2.75, 3.05) is 0 Å². The van der Waals surface area contributed by atoms with Crippen LogP contribution in [0.2, 0.25) is 0 Å². The second-order valence-corrected chi connectivity index (χ2v) is 4.80. The van der Waals surface area contributed by atoms with Crippen LogP contribution >= 0.6 is 15.9 Å². The molecule has 0 heterocycles. The van der Waals surface area contributed by atoms with E-state index in [1.165, 1.54) is 0 Å². The van der Waals surface area contributed by atoms with Gasteiger partial charge in [-0.05, 0) is 31.0 Å². The van der Waals surface area contributed by atoms with Crippen molar-refractivity contribution < 1.29 is 5.11 Å². The van der Waals surface area contributed by atoms with Gasteiger partial charge in [-0.2, -0.15) is 0 Å². The number of hydrogen-bond acceptors (Lipinski definition) is 1. The zero-order valence-corrected chi connectivity index (χ0v) is 10.3. The molecule has 1 atom stereocenters. The van der Waals surface area contributed by atoms with Crippen molar-refractivity contribution in [2.24, 2.45) is 0 Å². The van der Waals surface area contributed by atoms with Crippen molar-refractivity contribution in [3.05, 3.63) is 34.3 Å².